The van der Waals surface area contributed by atoms with Crippen molar-refractivity contribution in [2.75, 3.05) is 5.43 Å². The average molecular weight is 321 g/mol. The number of aromatic nitrogens is 1. The number of carbonyl (C=O) groups excluding carboxylic acids is 1. The lowest BCUT2D eigenvalue weighted by molar-refractivity contribution is 0.0951. The number of pyridine rings is 1. The number of anilines is 1. The minimum Gasteiger partial charge on any atom is -0.382 e. The van der Waals surface area contributed by atoms with Crippen LogP contribution in [0.4, 0.5) is 5.69 Å². The van der Waals surface area contributed by atoms with Crippen LogP contribution in [0.25, 0.3) is 0 Å². The summed E-state index contributed by atoms with van der Waals surface area (Å²) in [4.78, 5) is 16.5. The van der Waals surface area contributed by atoms with E-state index in [2.05, 4.69) is 20.8 Å². The van der Waals surface area contributed by atoms with E-state index in [1.165, 1.54) is 0 Å². The number of nitrogens with zero attached hydrogens (tertiary/aromatic N) is 3. The second-order valence-corrected chi connectivity index (χ2v) is 4.65. The van der Waals surface area contributed by atoms with E-state index in [9.17, 15) is 4.79 Å². The molecule has 0 aliphatic rings. The molecule has 120 valence electrons. The summed E-state index contributed by atoms with van der Waals surface area (Å²) in [6, 6.07) is 13.8. The molecule has 1 aromatic carbocycles. The molecule has 2 aromatic rings. The van der Waals surface area contributed by atoms with E-state index < -0.39 is 5.84 Å². The molecular weight excluding hydrogens is 306 g/mol. The predicted molar refractivity (Wildman–Crippen MR) is 90.4 cm³/mol. The lowest BCUT2D eigenvalue weighted by Crippen LogP contribution is -2.25. The fourth-order valence-corrected chi connectivity index (χ4v) is 1.81. The van der Waals surface area contributed by atoms with Gasteiger partial charge in [0.25, 0.3) is 5.91 Å². The highest BCUT2D eigenvalue weighted by atomic mass is 16.1. The standard InChI is InChI=1S/C16H15N7O/c17-9-14(15(18)19)23-22-13-7-2-1-6-12(13)16(24)21-10-11-5-3-4-8-20-11/h1-8,22H,10H2,(H3,18,19)(H,21,24)/b23-14+. The Morgan fingerprint density at radius 2 is 2.04 bits per heavy atom. The molecule has 0 fully saturated rings. The van der Waals surface area contributed by atoms with Crippen molar-refractivity contribution in [3.05, 3.63) is 59.9 Å². The number of carbonyl (C=O) groups is 1. The Bertz CT molecular complexity index is 809. The highest BCUT2D eigenvalue weighted by molar-refractivity contribution is 6.45. The first kappa shape index (κ1) is 16.6. The van der Waals surface area contributed by atoms with Gasteiger partial charge in [0.05, 0.1) is 23.5 Å². The Balaban J connectivity index is 2.12. The Kier molecular flexibility index (Phi) is 5.58. The molecule has 8 heteroatoms. The normalized spacial score (nSPS) is 10.5. The van der Waals surface area contributed by atoms with Gasteiger partial charge in [-0.3, -0.25) is 20.6 Å². The van der Waals surface area contributed by atoms with Gasteiger partial charge in [0.15, 0.2) is 5.84 Å². The van der Waals surface area contributed by atoms with Gasteiger partial charge >= 0.3 is 0 Å². The quantitative estimate of drug-likeness (QED) is 0.360. The van der Waals surface area contributed by atoms with Crippen LogP contribution in [0.5, 0.6) is 0 Å². The van der Waals surface area contributed by atoms with Crippen molar-refractivity contribution in [3.63, 3.8) is 0 Å². The van der Waals surface area contributed by atoms with Crippen LogP contribution >= 0.6 is 0 Å². The van der Waals surface area contributed by atoms with Crippen molar-refractivity contribution in [3.8, 4) is 6.07 Å². The van der Waals surface area contributed by atoms with E-state index in [0.717, 1.165) is 5.69 Å². The molecule has 0 atom stereocenters. The zero-order chi connectivity index (χ0) is 17.4. The van der Waals surface area contributed by atoms with E-state index in [4.69, 9.17) is 16.4 Å². The number of hydrazone groups is 1. The molecule has 0 radical (unpaired) electrons. The first-order valence-corrected chi connectivity index (χ1v) is 6.97. The van der Waals surface area contributed by atoms with Gasteiger partial charge in [-0.1, -0.05) is 18.2 Å². The highest BCUT2D eigenvalue weighted by Gasteiger charge is 2.11. The summed E-state index contributed by atoms with van der Waals surface area (Å²) >= 11 is 0. The lowest BCUT2D eigenvalue weighted by Gasteiger charge is -2.09. The molecule has 0 saturated heterocycles. The van der Waals surface area contributed by atoms with E-state index in [1.54, 1.807) is 48.7 Å². The Morgan fingerprint density at radius 3 is 2.71 bits per heavy atom. The Morgan fingerprint density at radius 1 is 1.29 bits per heavy atom. The molecule has 8 nitrogen and oxygen atoms in total. The minimum atomic E-state index is -0.456. The summed E-state index contributed by atoms with van der Waals surface area (Å²) in [5, 5.41) is 22.5. The molecule has 0 unspecified atom stereocenters. The van der Waals surface area contributed by atoms with Crippen LogP contribution in [0.2, 0.25) is 0 Å². The van der Waals surface area contributed by atoms with Crippen molar-refractivity contribution in [2.24, 2.45) is 10.8 Å². The summed E-state index contributed by atoms with van der Waals surface area (Å²) < 4.78 is 0. The molecule has 24 heavy (non-hydrogen) atoms. The largest absolute Gasteiger partial charge is 0.382 e. The second kappa shape index (κ2) is 8.05. The van der Waals surface area contributed by atoms with Gasteiger partial charge in [0, 0.05) is 6.20 Å². The van der Waals surface area contributed by atoms with Gasteiger partial charge in [-0.05, 0) is 24.3 Å². The van der Waals surface area contributed by atoms with Crippen LogP contribution in [-0.4, -0.2) is 22.4 Å². The number of benzene rings is 1. The van der Waals surface area contributed by atoms with Crippen LogP contribution in [0.1, 0.15) is 16.1 Å². The van der Waals surface area contributed by atoms with Crippen molar-refractivity contribution < 1.29 is 4.79 Å². The molecule has 0 spiro atoms. The van der Waals surface area contributed by atoms with Gasteiger partial charge in [0.1, 0.15) is 6.07 Å². The van der Waals surface area contributed by atoms with Crippen LogP contribution in [0.3, 0.4) is 0 Å². The summed E-state index contributed by atoms with van der Waals surface area (Å²) in [6.07, 6.45) is 1.65. The molecule has 1 heterocycles. The average Bonchev–Trinajstić information content (AvgIpc) is 2.61. The van der Waals surface area contributed by atoms with Gasteiger partial charge in [-0.15, -0.1) is 0 Å². The third-order valence-corrected chi connectivity index (χ3v) is 2.98. The van der Waals surface area contributed by atoms with E-state index >= 15 is 0 Å². The van der Waals surface area contributed by atoms with E-state index in [0.29, 0.717) is 11.3 Å². The number of amidine groups is 1. The number of amides is 1. The number of nitriles is 1. The molecule has 2 rings (SSSR count). The minimum absolute atomic E-state index is 0.265. The first-order valence-electron chi connectivity index (χ1n) is 6.97. The zero-order valence-corrected chi connectivity index (χ0v) is 12.7. The zero-order valence-electron chi connectivity index (χ0n) is 12.7. The van der Waals surface area contributed by atoms with Crippen LogP contribution in [0, 0.1) is 16.7 Å². The number of para-hydroxylation sites is 1. The number of hydrogen-bond donors (Lipinski definition) is 4. The number of hydrogen-bond acceptors (Lipinski definition) is 6. The topological polar surface area (TPSA) is 140 Å². The maximum atomic E-state index is 12.3. The van der Waals surface area contributed by atoms with Crippen molar-refractivity contribution >= 4 is 23.1 Å². The second-order valence-electron chi connectivity index (χ2n) is 4.65. The predicted octanol–water partition coefficient (Wildman–Crippen LogP) is 1.24. The smallest absolute Gasteiger partial charge is 0.253 e. The van der Waals surface area contributed by atoms with E-state index in [1.807, 2.05) is 6.07 Å². The fraction of sp³-hybridized carbons (Fsp3) is 0.0625. The SMILES string of the molecule is N#C/C(=N\Nc1ccccc1C(=O)NCc1ccccn1)C(=N)N. The Labute approximate surface area is 138 Å². The monoisotopic (exact) mass is 321 g/mol. The lowest BCUT2D eigenvalue weighted by atomic mass is 10.1. The van der Waals surface area contributed by atoms with Gasteiger partial charge in [0.2, 0.25) is 5.71 Å². The highest BCUT2D eigenvalue weighted by Crippen LogP contribution is 2.15. The van der Waals surface area contributed by atoms with Crippen LogP contribution < -0.4 is 16.5 Å². The molecule has 0 aliphatic carbocycles. The van der Waals surface area contributed by atoms with Crippen molar-refractivity contribution in [2.45, 2.75) is 6.54 Å². The number of nitrogens with two attached hydrogens (primary N) is 1. The summed E-state index contributed by atoms with van der Waals surface area (Å²) in [5.41, 5.74) is 9.03. The molecule has 1 aromatic heterocycles. The van der Waals surface area contributed by atoms with Crippen LogP contribution in [0.15, 0.2) is 53.8 Å². The van der Waals surface area contributed by atoms with Crippen LogP contribution in [-0.2, 0) is 6.54 Å². The summed E-state index contributed by atoms with van der Waals surface area (Å²) in [6.45, 7) is 0.286. The molecule has 0 bridgehead atoms. The number of rotatable bonds is 6. The van der Waals surface area contributed by atoms with Gasteiger partial charge in [-0.25, -0.2) is 0 Å². The van der Waals surface area contributed by atoms with Gasteiger partial charge < -0.3 is 11.1 Å². The first-order chi connectivity index (χ1) is 11.6. The van der Waals surface area contributed by atoms with E-state index in [-0.39, 0.29) is 18.2 Å². The maximum absolute atomic E-state index is 12.3. The maximum Gasteiger partial charge on any atom is 0.253 e. The molecule has 1 amide bonds. The summed E-state index contributed by atoms with van der Waals surface area (Å²) in [7, 11) is 0. The molecule has 0 saturated carbocycles. The molecule has 0 aliphatic heterocycles. The summed E-state index contributed by atoms with van der Waals surface area (Å²) in [5.74, 6) is -0.776. The molecule has 5 N–H and O–H groups in total. The van der Waals surface area contributed by atoms with Gasteiger partial charge in [-0.2, -0.15) is 10.4 Å². The van der Waals surface area contributed by atoms with Crippen molar-refractivity contribution in [1.82, 2.24) is 10.3 Å². The fourth-order valence-electron chi connectivity index (χ4n) is 1.81. The van der Waals surface area contributed by atoms with Crippen molar-refractivity contribution in [1.29, 1.82) is 10.7 Å². The number of nitrogens with one attached hydrogen (secondary N) is 3. The third-order valence-electron chi connectivity index (χ3n) is 2.98. The molecular formula is C16H15N7O. The third kappa shape index (κ3) is 4.38. The Hall–Kier alpha value is -3.73.